The largest absolute Gasteiger partial charge is 0.472 e. The smallest absolute Gasteiger partial charge is 0.273 e. The highest BCUT2D eigenvalue weighted by molar-refractivity contribution is 6.45. The summed E-state index contributed by atoms with van der Waals surface area (Å²) in [4.78, 5) is 21.3. The lowest BCUT2D eigenvalue weighted by Gasteiger charge is -2.14. The van der Waals surface area contributed by atoms with Crippen molar-refractivity contribution >= 4 is 23.2 Å². The predicted octanol–water partition coefficient (Wildman–Crippen LogP) is 3.49. The summed E-state index contributed by atoms with van der Waals surface area (Å²) in [5.74, 6) is -0.171. The lowest BCUT2D eigenvalue weighted by molar-refractivity contribution is -0.114. The molecule has 0 fully saturated rings. The number of ether oxygens (including phenoxy) is 1. The molecule has 1 atom stereocenters. The number of rotatable bonds is 8. The van der Waals surface area contributed by atoms with E-state index < -0.39 is 6.10 Å². The van der Waals surface area contributed by atoms with Crippen LogP contribution in [0.3, 0.4) is 0 Å². The zero-order valence-corrected chi connectivity index (χ0v) is 17.8. The molecule has 0 radical (unpaired) electrons. The third-order valence-corrected chi connectivity index (χ3v) is 4.79. The lowest BCUT2D eigenvalue weighted by atomic mass is 10.0. The molecule has 2 aromatic carbocycles. The molecule has 3 aromatic rings. The van der Waals surface area contributed by atoms with Crippen molar-refractivity contribution < 1.29 is 19.5 Å². The van der Waals surface area contributed by atoms with Gasteiger partial charge in [0.05, 0.1) is 0 Å². The van der Waals surface area contributed by atoms with Gasteiger partial charge in [-0.25, -0.2) is 4.98 Å². The van der Waals surface area contributed by atoms with Gasteiger partial charge in [0.15, 0.2) is 5.71 Å². The third kappa shape index (κ3) is 5.39. The van der Waals surface area contributed by atoms with Gasteiger partial charge in [0.25, 0.3) is 5.91 Å². The molecule has 31 heavy (non-hydrogen) atoms. The van der Waals surface area contributed by atoms with Gasteiger partial charge in [0.1, 0.15) is 24.8 Å². The summed E-state index contributed by atoms with van der Waals surface area (Å²) >= 11 is 6.35. The quantitative estimate of drug-likeness (QED) is 0.414. The molecule has 0 saturated carbocycles. The monoisotopic (exact) mass is 439 g/mol. The number of hydrogen-bond acceptors (Lipinski definition) is 6. The normalized spacial score (nSPS) is 12.2. The van der Waals surface area contributed by atoms with Crippen LogP contribution in [0.15, 0.2) is 72.0 Å². The minimum absolute atomic E-state index is 0.100. The number of aliphatic hydroxyl groups excluding tert-OH is 1. The van der Waals surface area contributed by atoms with Crippen LogP contribution < -0.4 is 10.1 Å². The van der Waals surface area contributed by atoms with Gasteiger partial charge in [-0.1, -0.05) is 71.4 Å². The van der Waals surface area contributed by atoms with Crippen molar-refractivity contribution in [2.45, 2.75) is 12.7 Å². The molecule has 0 aliphatic heterocycles. The molecule has 0 aliphatic carbocycles. The van der Waals surface area contributed by atoms with E-state index in [1.54, 1.807) is 18.2 Å². The molecular formula is C23H22ClN3O4. The molecule has 3 rings (SSSR count). The minimum atomic E-state index is -0.846. The van der Waals surface area contributed by atoms with E-state index in [0.717, 1.165) is 5.56 Å². The summed E-state index contributed by atoms with van der Waals surface area (Å²) in [6, 6.07) is 18.0. The van der Waals surface area contributed by atoms with Gasteiger partial charge in [-0.3, -0.25) is 4.79 Å². The van der Waals surface area contributed by atoms with Gasteiger partial charge in [0, 0.05) is 24.4 Å². The number of halogens is 1. The molecule has 2 N–H and O–H groups in total. The van der Waals surface area contributed by atoms with Crippen LogP contribution in [0.1, 0.15) is 28.4 Å². The Hall–Kier alpha value is -3.42. The molecule has 1 aromatic heterocycles. The predicted molar refractivity (Wildman–Crippen MR) is 118 cm³/mol. The molecule has 0 bridgehead atoms. The van der Waals surface area contributed by atoms with Crippen LogP contribution in [0, 0.1) is 0 Å². The summed E-state index contributed by atoms with van der Waals surface area (Å²) in [5, 5.41) is 17.2. The Bertz CT molecular complexity index is 1070. The van der Waals surface area contributed by atoms with Crippen LogP contribution >= 0.6 is 11.6 Å². The van der Waals surface area contributed by atoms with Crippen molar-refractivity contribution in [3.8, 4) is 5.88 Å². The maximum Gasteiger partial charge on any atom is 0.273 e. The first-order valence-corrected chi connectivity index (χ1v) is 9.85. The van der Waals surface area contributed by atoms with E-state index in [0.29, 0.717) is 16.7 Å². The summed E-state index contributed by atoms with van der Waals surface area (Å²) in [5.41, 5.74) is 2.69. The van der Waals surface area contributed by atoms with Crippen molar-refractivity contribution in [3.05, 3.63) is 94.1 Å². The van der Waals surface area contributed by atoms with Crippen molar-refractivity contribution in [1.29, 1.82) is 0 Å². The number of nitrogens with one attached hydrogen (secondary N) is 1. The number of nitrogens with zero attached hydrogens (tertiary/aromatic N) is 2. The molecule has 0 aliphatic rings. The van der Waals surface area contributed by atoms with E-state index in [1.807, 2.05) is 42.5 Å². The molecule has 7 nitrogen and oxygen atoms in total. The summed E-state index contributed by atoms with van der Waals surface area (Å²) < 4.78 is 5.79. The summed E-state index contributed by atoms with van der Waals surface area (Å²) in [6.07, 6.45) is 0.675. The van der Waals surface area contributed by atoms with Gasteiger partial charge >= 0.3 is 0 Å². The topological polar surface area (TPSA) is 93.0 Å². The Morgan fingerprint density at radius 1 is 1.16 bits per heavy atom. The average molecular weight is 440 g/mol. The first kappa shape index (κ1) is 22.3. The van der Waals surface area contributed by atoms with E-state index in [1.165, 1.54) is 20.4 Å². The van der Waals surface area contributed by atoms with E-state index in [-0.39, 0.29) is 29.1 Å². The molecule has 1 heterocycles. The second kappa shape index (κ2) is 10.6. The Morgan fingerprint density at radius 3 is 2.55 bits per heavy atom. The number of oxime groups is 1. The Morgan fingerprint density at radius 2 is 1.87 bits per heavy atom. The molecule has 1 amide bonds. The van der Waals surface area contributed by atoms with Gasteiger partial charge in [-0.15, -0.1) is 0 Å². The van der Waals surface area contributed by atoms with Gasteiger partial charge in [0.2, 0.25) is 5.88 Å². The van der Waals surface area contributed by atoms with E-state index in [4.69, 9.17) is 21.2 Å². The number of aliphatic hydroxyl groups is 1. The van der Waals surface area contributed by atoms with Gasteiger partial charge < -0.3 is 20.0 Å². The number of carbonyl (C=O) groups is 1. The molecular weight excluding hydrogens is 418 g/mol. The Kier molecular flexibility index (Phi) is 7.59. The first-order chi connectivity index (χ1) is 15.0. The number of likely N-dealkylation sites (N-methyl/N-ethyl adjacent to an activating group) is 1. The zero-order valence-electron chi connectivity index (χ0n) is 17.1. The average Bonchev–Trinajstić information content (AvgIpc) is 2.81. The Balaban J connectivity index is 1.79. The van der Waals surface area contributed by atoms with Crippen LogP contribution in [0.4, 0.5) is 0 Å². The fraction of sp³-hybridized carbons (Fsp3) is 0.174. The van der Waals surface area contributed by atoms with Crippen LogP contribution in [-0.4, -0.2) is 35.9 Å². The van der Waals surface area contributed by atoms with Crippen LogP contribution in [0.25, 0.3) is 0 Å². The van der Waals surface area contributed by atoms with E-state index in [9.17, 15) is 9.90 Å². The van der Waals surface area contributed by atoms with Crippen LogP contribution in [0.2, 0.25) is 5.02 Å². The Labute approximate surface area is 185 Å². The van der Waals surface area contributed by atoms with E-state index in [2.05, 4.69) is 15.5 Å². The molecule has 0 saturated heterocycles. The SMILES string of the molecule is CNC(=O)/C(=N\OC)c1ccccc1COc1ncc(C(O)c2ccccc2)cc1Cl. The highest BCUT2D eigenvalue weighted by Crippen LogP contribution is 2.29. The zero-order chi connectivity index (χ0) is 22.2. The molecule has 1 unspecified atom stereocenters. The highest BCUT2D eigenvalue weighted by Gasteiger charge is 2.18. The number of benzene rings is 2. The number of aromatic nitrogens is 1. The summed E-state index contributed by atoms with van der Waals surface area (Å²) in [6.45, 7) is 0.100. The number of amides is 1. The minimum Gasteiger partial charge on any atom is -0.472 e. The highest BCUT2D eigenvalue weighted by atomic mass is 35.5. The first-order valence-electron chi connectivity index (χ1n) is 9.48. The molecule has 160 valence electrons. The second-order valence-electron chi connectivity index (χ2n) is 6.52. The van der Waals surface area contributed by atoms with Crippen molar-refractivity contribution in [2.24, 2.45) is 5.16 Å². The second-order valence-corrected chi connectivity index (χ2v) is 6.92. The fourth-order valence-electron chi connectivity index (χ4n) is 2.97. The third-order valence-electron chi connectivity index (χ3n) is 4.52. The van der Waals surface area contributed by atoms with Gasteiger partial charge in [-0.2, -0.15) is 0 Å². The maximum atomic E-state index is 12.2. The van der Waals surface area contributed by atoms with Crippen molar-refractivity contribution in [3.63, 3.8) is 0 Å². The fourth-order valence-corrected chi connectivity index (χ4v) is 3.20. The van der Waals surface area contributed by atoms with Crippen molar-refractivity contribution in [2.75, 3.05) is 14.2 Å². The lowest BCUT2D eigenvalue weighted by Crippen LogP contribution is -2.29. The standard InChI is InChI=1S/C23H22ClN3O4/c1-25-22(29)20(27-30-2)18-11-7-6-10-16(18)14-31-23-19(24)12-17(13-26-23)21(28)15-8-4-3-5-9-15/h3-13,21,28H,14H2,1-2H3,(H,25,29)/b27-20-. The number of pyridine rings is 1. The number of hydrogen-bond donors (Lipinski definition) is 2. The van der Waals surface area contributed by atoms with Gasteiger partial charge in [-0.05, 0) is 17.2 Å². The number of carbonyl (C=O) groups excluding carboxylic acids is 1. The molecule has 0 spiro atoms. The molecule has 8 heteroatoms. The van der Waals surface area contributed by atoms with Crippen LogP contribution in [-0.2, 0) is 16.2 Å². The maximum absolute atomic E-state index is 12.2. The summed E-state index contributed by atoms with van der Waals surface area (Å²) in [7, 11) is 2.89. The van der Waals surface area contributed by atoms with Crippen LogP contribution in [0.5, 0.6) is 5.88 Å². The van der Waals surface area contributed by atoms with E-state index >= 15 is 0 Å². The van der Waals surface area contributed by atoms with Crippen molar-refractivity contribution in [1.82, 2.24) is 10.3 Å².